The van der Waals surface area contributed by atoms with Crippen molar-refractivity contribution < 1.29 is 23.2 Å². The summed E-state index contributed by atoms with van der Waals surface area (Å²) >= 11 is 3.17. The molecule has 0 aliphatic rings. The number of Topliss-reactive ketones (excluding diaryl/α,β-unsaturated/α-hetero) is 2. The van der Waals surface area contributed by atoms with Crippen LogP contribution in [0.15, 0.2) is 33.7 Å². The van der Waals surface area contributed by atoms with Crippen molar-refractivity contribution in [1.29, 1.82) is 0 Å². The Morgan fingerprint density at radius 3 is 1.57 bits per heavy atom. The minimum Gasteiger partial charge on any atom is -0.303 e. The molecule has 8 heteroatoms. The van der Waals surface area contributed by atoms with E-state index in [2.05, 4.69) is 0 Å². The van der Waals surface area contributed by atoms with Gasteiger partial charge in [-0.3, -0.25) is 14.2 Å². The molecule has 0 bridgehead atoms. The monoisotopic (exact) mass is 442 g/mol. The minimum atomic E-state index is -2.88. The van der Waals surface area contributed by atoms with Crippen LogP contribution in [0.1, 0.15) is 51.7 Å². The first kappa shape index (κ1) is 23.2. The van der Waals surface area contributed by atoms with Crippen LogP contribution in [-0.2, 0) is 34.0 Å². The van der Waals surface area contributed by atoms with Gasteiger partial charge < -0.3 is 9.05 Å². The molecule has 2 rings (SSSR count). The summed E-state index contributed by atoms with van der Waals surface area (Å²) in [5, 5.41) is 7.98. The van der Waals surface area contributed by atoms with Gasteiger partial charge in [-0.25, -0.2) is 0 Å². The van der Waals surface area contributed by atoms with Crippen LogP contribution in [0.4, 0.5) is 0 Å². The molecule has 0 saturated carbocycles. The van der Waals surface area contributed by atoms with Crippen molar-refractivity contribution in [3.63, 3.8) is 0 Å². The van der Waals surface area contributed by atoms with Crippen LogP contribution < -0.4 is 0 Å². The lowest BCUT2D eigenvalue weighted by atomic mass is 9.82. The fourth-order valence-electron chi connectivity index (χ4n) is 2.91. The highest BCUT2D eigenvalue weighted by Crippen LogP contribution is 2.31. The first-order valence-corrected chi connectivity index (χ1v) is 12.1. The molecule has 0 atom stereocenters. The van der Waals surface area contributed by atoms with Crippen LogP contribution in [0.2, 0.25) is 0 Å². The topological polar surface area (TPSA) is 69.7 Å². The fraction of sp³-hybridized carbons (Fsp3) is 0.500. The van der Waals surface area contributed by atoms with E-state index >= 15 is 0 Å². The average Bonchev–Trinajstić information content (AvgIpc) is 3.31. The maximum Gasteiger partial charge on any atom is 0.319 e. The molecule has 0 N–H and O–H groups in total. The van der Waals surface area contributed by atoms with E-state index in [1.54, 1.807) is 22.7 Å². The van der Waals surface area contributed by atoms with Crippen LogP contribution in [-0.4, -0.2) is 24.8 Å². The predicted molar refractivity (Wildman–Crippen MR) is 115 cm³/mol. The Morgan fingerprint density at radius 2 is 1.25 bits per heavy atom. The summed E-state index contributed by atoms with van der Waals surface area (Å²) in [6.45, 7) is 7.39. The van der Waals surface area contributed by atoms with Crippen LogP contribution in [0.5, 0.6) is 0 Å². The molecule has 0 aromatic carbocycles. The number of thiophene rings is 2. The highest BCUT2D eigenvalue weighted by atomic mass is 32.1. The summed E-state index contributed by atoms with van der Waals surface area (Å²) in [6, 6.07) is 3.99. The lowest BCUT2D eigenvalue weighted by molar-refractivity contribution is -0.122. The van der Waals surface area contributed by atoms with E-state index in [4.69, 9.17) is 9.05 Å². The van der Waals surface area contributed by atoms with Crippen LogP contribution in [0.25, 0.3) is 0 Å². The van der Waals surface area contributed by atoms with Gasteiger partial charge in [-0.15, -0.1) is 0 Å². The summed E-state index contributed by atoms with van der Waals surface area (Å²) in [7, 11) is -2.88. The van der Waals surface area contributed by atoms with Gasteiger partial charge in [-0.05, 0) is 55.6 Å². The number of hydrogen-bond acceptors (Lipinski definition) is 7. The van der Waals surface area contributed by atoms with Gasteiger partial charge in [0, 0.05) is 12.8 Å². The van der Waals surface area contributed by atoms with Crippen molar-refractivity contribution in [2.75, 3.05) is 13.2 Å². The SMILES string of the molecule is CC(C)(CC(=O)CO[PH](=O)OCC(=O)CC(C)(C)c1ccsc1)c1ccsc1. The summed E-state index contributed by atoms with van der Waals surface area (Å²) in [5.41, 5.74) is 1.57. The zero-order valence-electron chi connectivity index (χ0n) is 16.7. The Morgan fingerprint density at radius 1 is 0.857 bits per heavy atom. The van der Waals surface area contributed by atoms with Gasteiger partial charge in [-0.1, -0.05) is 27.7 Å². The molecule has 0 saturated heterocycles. The van der Waals surface area contributed by atoms with Gasteiger partial charge in [0.1, 0.15) is 13.2 Å². The lowest BCUT2D eigenvalue weighted by Crippen LogP contribution is -2.24. The molecule has 2 aromatic rings. The molecule has 0 unspecified atom stereocenters. The van der Waals surface area contributed by atoms with Crippen molar-refractivity contribution in [2.24, 2.45) is 0 Å². The first-order chi connectivity index (χ1) is 13.1. The Hall–Kier alpha value is -1.11. The Bertz CT molecular complexity index is 728. The highest BCUT2D eigenvalue weighted by Gasteiger charge is 2.26. The number of ketones is 2. The molecule has 0 aliphatic heterocycles. The Labute approximate surface area is 175 Å². The maximum absolute atomic E-state index is 12.1. The van der Waals surface area contributed by atoms with Gasteiger partial charge in [-0.2, -0.15) is 22.7 Å². The minimum absolute atomic E-state index is 0.150. The predicted octanol–water partition coefficient (Wildman–Crippen LogP) is 5.41. The zero-order valence-corrected chi connectivity index (χ0v) is 19.3. The number of hydrogen-bond donors (Lipinski definition) is 0. The molecule has 154 valence electrons. The average molecular weight is 443 g/mol. The second kappa shape index (κ2) is 10.1. The van der Waals surface area contributed by atoms with E-state index in [9.17, 15) is 14.2 Å². The molecule has 2 heterocycles. The number of carbonyl (C=O) groups excluding carboxylic acids is 2. The third kappa shape index (κ3) is 7.05. The van der Waals surface area contributed by atoms with E-state index in [-0.39, 0.29) is 48.5 Å². The van der Waals surface area contributed by atoms with Crippen molar-refractivity contribution >= 4 is 42.5 Å². The molecule has 0 fully saturated rings. The van der Waals surface area contributed by atoms with Crippen LogP contribution in [0, 0.1) is 0 Å². The third-order valence-corrected chi connectivity index (χ3v) is 6.71. The number of rotatable bonds is 12. The zero-order chi connectivity index (χ0) is 20.8. The maximum atomic E-state index is 12.1. The molecule has 5 nitrogen and oxygen atoms in total. The second-order valence-corrected chi connectivity index (χ2v) is 10.7. The van der Waals surface area contributed by atoms with Crippen LogP contribution >= 0.6 is 30.9 Å². The van der Waals surface area contributed by atoms with E-state index in [0.29, 0.717) is 0 Å². The molecular formula is C20H27O5PS2. The van der Waals surface area contributed by atoms with E-state index in [1.165, 1.54) is 0 Å². The molecular weight excluding hydrogens is 415 g/mol. The van der Waals surface area contributed by atoms with Gasteiger partial charge >= 0.3 is 8.25 Å². The molecule has 0 spiro atoms. The summed E-state index contributed by atoms with van der Waals surface area (Å²) < 4.78 is 22.0. The fourth-order valence-corrected chi connectivity index (χ4v) is 5.25. The first-order valence-electron chi connectivity index (χ1n) is 8.98. The van der Waals surface area contributed by atoms with Crippen molar-refractivity contribution in [3.8, 4) is 0 Å². The van der Waals surface area contributed by atoms with Crippen LogP contribution in [0.3, 0.4) is 0 Å². The standard InChI is InChI=1S/C20H27O5PS2/c1-19(2,15-5-7-27-13-15)9-17(21)11-24-26(23)25-12-18(22)10-20(3,4)16-6-8-28-14-16/h5-8,13-14,26H,9-12H2,1-4H3. The normalized spacial score (nSPS) is 12.5. The van der Waals surface area contributed by atoms with E-state index in [0.717, 1.165) is 11.1 Å². The molecule has 0 amide bonds. The van der Waals surface area contributed by atoms with E-state index in [1.807, 2.05) is 61.3 Å². The van der Waals surface area contributed by atoms with Gasteiger partial charge in [0.15, 0.2) is 11.6 Å². The van der Waals surface area contributed by atoms with Crippen molar-refractivity contribution in [1.82, 2.24) is 0 Å². The summed E-state index contributed by atoms with van der Waals surface area (Å²) in [4.78, 5) is 24.3. The molecule has 28 heavy (non-hydrogen) atoms. The molecule has 2 aromatic heterocycles. The summed E-state index contributed by atoms with van der Waals surface area (Å²) in [6.07, 6.45) is 0.569. The lowest BCUT2D eigenvalue weighted by Gasteiger charge is -2.23. The number of carbonyl (C=O) groups is 2. The van der Waals surface area contributed by atoms with Gasteiger partial charge in [0.05, 0.1) is 0 Å². The Balaban J connectivity index is 1.71. The van der Waals surface area contributed by atoms with Crippen molar-refractivity contribution in [2.45, 2.75) is 51.4 Å². The third-order valence-electron chi connectivity index (χ3n) is 4.59. The smallest absolute Gasteiger partial charge is 0.303 e. The van der Waals surface area contributed by atoms with Gasteiger partial charge in [0.25, 0.3) is 0 Å². The van der Waals surface area contributed by atoms with Crippen molar-refractivity contribution in [3.05, 3.63) is 44.8 Å². The van der Waals surface area contributed by atoms with E-state index < -0.39 is 8.25 Å². The molecule has 0 radical (unpaired) electrons. The summed E-state index contributed by atoms with van der Waals surface area (Å²) in [5.74, 6) is -0.300. The second-order valence-electron chi connectivity index (χ2n) is 8.05. The quantitative estimate of drug-likeness (QED) is 0.411. The Kier molecular flexibility index (Phi) is 8.34. The molecule has 0 aliphatic carbocycles. The van der Waals surface area contributed by atoms with Gasteiger partial charge in [0.2, 0.25) is 0 Å². The largest absolute Gasteiger partial charge is 0.319 e. The highest BCUT2D eigenvalue weighted by molar-refractivity contribution is 7.33.